The van der Waals surface area contributed by atoms with Gasteiger partial charge >= 0.3 is 0 Å². The molecule has 0 atom stereocenters. The van der Waals surface area contributed by atoms with Crippen LogP contribution in [0.1, 0.15) is 17.7 Å². The quantitative estimate of drug-likeness (QED) is 0.815. The Morgan fingerprint density at radius 1 is 1.27 bits per heavy atom. The summed E-state index contributed by atoms with van der Waals surface area (Å²) in [6, 6.07) is 10.3. The molecule has 1 heterocycles. The molecule has 0 spiro atoms. The lowest BCUT2D eigenvalue weighted by molar-refractivity contribution is -0.121. The Morgan fingerprint density at radius 3 is 2.86 bits per heavy atom. The van der Waals surface area contributed by atoms with Crippen LogP contribution in [0, 0.1) is 0 Å². The zero-order chi connectivity index (χ0) is 15.8. The van der Waals surface area contributed by atoms with Gasteiger partial charge in [-0.1, -0.05) is 12.1 Å². The van der Waals surface area contributed by atoms with Gasteiger partial charge in [-0.3, -0.25) is 4.79 Å². The van der Waals surface area contributed by atoms with Crippen molar-refractivity contribution < 1.29 is 22.7 Å². The summed E-state index contributed by atoms with van der Waals surface area (Å²) in [7, 11) is 0. The molecular weight excluding hydrogens is 292 g/mol. The van der Waals surface area contributed by atoms with Crippen LogP contribution < -0.4 is 10.1 Å². The largest absolute Gasteiger partial charge is 0.488 e. The molecule has 0 fully saturated rings. The Kier molecular flexibility index (Phi) is 5.94. The van der Waals surface area contributed by atoms with Crippen molar-refractivity contribution in [3.8, 4) is 5.75 Å². The van der Waals surface area contributed by atoms with Gasteiger partial charge in [0.1, 0.15) is 18.1 Å². The van der Waals surface area contributed by atoms with Gasteiger partial charge in [0.05, 0.1) is 6.26 Å². The van der Waals surface area contributed by atoms with Crippen LogP contribution in [0.4, 0.5) is 8.78 Å². The number of furan rings is 1. The molecule has 0 aliphatic heterocycles. The van der Waals surface area contributed by atoms with Crippen molar-refractivity contribution in [2.24, 2.45) is 0 Å². The number of rotatable bonds is 8. The number of carbonyl (C=O) groups is 1. The first kappa shape index (κ1) is 16.0. The Labute approximate surface area is 127 Å². The third kappa shape index (κ3) is 5.55. The summed E-state index contributed by atoms with van der Waals surface area (Å²) >= 11 is 0. The Morgan fingerprint density at radius 2 is 2.14 bits per heavy atom. The molecule has 0 radical (unpaired) electrons. The molecule has 0 aliphatic carbocycles. The number of amides is 1. The molecule has 2 rings (SSSR count). The highest BCUT2D eigenvalue weighted by Crippen LogP contribution is 2.14. The van der Waals surface area contributed by atoms with E-state index >= 15 is 0 Å². The van der Waals surface area contributed by atoms with Crippen LogP contribution >= 0.6 is 0 Å². The van der Waals surface area contributed by atoms with Gasteiger partial charge in [-0.25, -0.2) is 8.78 Å². The predicted molar refractivity (Wildman–Crippen MR) is 76.8 cm³/mol. The standard InChI is InChI=1S/C16H17F2NO3/c17-15(18)11-22-14-4-1-3-12(9-14)10-19-16(20)7-6-13-5-2-8-21-13/h1-5,8-9,15H,6-7,10-11H2,(H,19,20). The maximum absolute atomic E-state index is 12.1. The van der Waals surface area contributed by atoms with E-state index in [-0.39, 0.29) is 5.91 Å². The second-order valence-corrected chi connectivity index (χ2v) is 4.71. The van der Waals surface area contributed by atoms with Crippen LogP contribution in [-0.4, -0.2) is 18.9 Å². The van der Waals surface area contributed by atoms with Gasteiger partial charge in [0, 0.05) is 19.4 Å². The molecular formula is C16H17F2NO3. The van der Waals surface area contributed by atoms with Gasteiger partial charge < -0.3 is 14.5 Å². The average molecular weight is 309 g/mol. The molecule has 1 amide bonds. The number of hydrogen-bond donors (Lipinski definition) is 1. The molecule has 0 bridgehead atoms. The number of benzene rings is 1. The fraction of sp³-hybridized carbons (Fsp3) is 0.312. The lowest BCUT2D eigenvalue weighted by Gasteiger charge is -2.08. The first-order valence-corrected chi connectivity index (χ1v) is 6.92. The topological polar surface area (TPSA) is 51.5 Å². The monoisotopic (exact) mass is 309 g/mol. The fourth-order valence-electron chi connectivity index (χ4n) is 1.89. The minimum Gasteiger partial charge on any atom is -0.488 e. The summed E-state index contributed by atoms with van der Waals surface area (Å²) < 4.78 is 34.3. The summed E-state index contributed by atoms with van der Waals surface area (Å²) in [5.74, 6) is 1.02. The van der Waals surface area contributed by atoms with Crippen molar-refractivity contribution in [2.75, 3.05) is 6.61 Å². The van der Waals surface area contributed by atoms with Crippen molar-refractivity contribution in [2.45, 2.75) is 25.8 Å². The third-order valence-corrected chi connectivity index (χ3v) is 2.94. The normalized spacial score (nSPS) is 10.7. The minimum atomic E-state index is -2.51. The van der Waals surface area contributed by atoms with Crippen molar-refractivity contribution in [1.82, 2.24) is 5.32 Å². The lowest BCUT2D eigenvalue weighted by Crippen LogP contribution is -2.23. The maximum atomic E-state index is 12.1. The average Bonchev–Trinajstić information content (AvgIpc) is 3.03. The molecule has 4 nitrogen and oxygen atoms in total. The van der Waals surface area contributed by atoms with E-state index in [0.29, 0.717) is 25.1 Å². The van der Waals surface area contributed by atoms with Gasteiger partial charge in [-0.05, 0) is 29.8 Å². The minimum absolute atomic E-state index is 0.102. The third-order valence-electron chi connectivity index (χ3n) is 2.94. The Hall–Kier alpha value is -2.37. The molecule has 6 heteroatoms. The van der Waals surface area contributed by atoms with E-state index in [0.717, 1.165) is 11.3 Å². The van der Waals surface area contributed by atoms with Crippen molar-refractivity contribution in [3.05, 3.63) is 54.0 Å². The number of ether oxygens (including phenoxy) is 1. The lowest BCUT2D eigenvalue weighted by atomic mass is 10.2. The molecule has 1 N–H and O–H groups in total. The van der Waals surface area contributed by atoms with Crippen LogP contribution in [0.15, 0.2) is 47.1 Å². The molecule has 1 aromatic carbocycles. The van der Waals surface area contributed by atoms with E-state index in [1.807, 2.05) is 6.07 Å². The van der Waals surface area contributed by atoms with Crippen LogP contribution in [0.5, 0.6) is 5.75 Å². The first-order chi connectivity index (χ1) is 10.6. The van der Waals surface area contributed by atoms with Crippen LogP contribution in [0.2, 0.25) is 0 Å². The van der Waals surface area contributed by atoms with E-state index < -0.39 is 13.0 Å². The molecule has 0 saturated heterocycles. The molecule has 118 valence electrons. The predicted octanol–water partition coefficient (Wildman–Crippen LogP) is 3.17. The first-order valence-electron chi connectivity index (χ1n) is 6.92. The van der Waals surface area contributed by atoms with Crippen LogP contribution in [-0.2, 0) is 17.8 Å². The molecule has 22 heavy (non-hydrogen) atoms. The zero-order valence-electron chi connectivity index (χ0n) is 11.9. The number of hydrogen-bond acceptors (Lipinski definition) is 3. The van der Waals surface area contributed by atoms with E-state index in [2.05, 4.69) is 5.32 Å². The van der Waals surface area contributed by atoms with E-state index in [9.17, 15) is 13.6 Å². The summed E-state index contributed by atoms with van der Waals surface area (Å²) in [4.78, 5) is 11.7. The summed E-state index contributed by atoms with van der Waals surface area (Å²) in [5, 5.41) is 2.77. The maximum Gasteiger partial charge on any atom is 0.272 e. The van der Waals surface area contributed by atoms with Crippen molar-refractivity contribution in [1.29, 1.82) is 0 Å². The number of nitrogens with one attached hydrogen (secondary N) is 1. The molecule has 0 aliphatic rings. The summed E-state index contributed by atoms with van der Waals surface area (Å²) in [6.45, 7) is -0.318. The number of halogens is 2. The van der Waals surface area contributed by atoms with Gasteiger partial charge in [0.25, 0.3) is 6.43 Å². The van der Waals surface area contributed by atoms with Crippen molar-refractivity contribution in [3.63, 3.8) is 0 Å². The smallest absolute Gasteiger partial charge is 0.272 e. The molecule has 1 aromatic heterocycles. The molecule has 0 unspecified atom stereocenters. The number of carbonyl (C=O) groups excluding carboxylic acids is 1. The Bertz CT molecular complexity index is 585. The molecule has 0 saturated carbocycles. The fourth-order valence-corrected chi connectivity index (χ4v) is 1.89. The highest BCUT2D eigenvalue weighted by atomic mass is 19.3. The summed E-state index contributed by atoms with van der Waals surface area (Å²) in [6.07, 6.45) is -0.0752. The van der Waals surface area contributed by atoms with Crippen molar-refractivity contribution >= 4 is 5.91 Å². The van der Waals surface area contributed by atoms with E-state index in [4.69, 9.17) is 9.15 Å². The van der Waals surface area contributed by atoms with Gasteiger partial charge in [-0.15, -0.1) is 0 Å². The van der Waals surface area contributed by atoms with Crippen LogP contribution in [0.25, 0.3) is 0 Å². The van der Waals surface area contributed by atoms with Gasteiger partial charge in [0.2, 0.25) is 5.91 Å². The second-order valence-electron chi connectivity index (χ2n) is 4.71. The second kappa shape index (κ2) is 8.17. The zero-order valence-corrected chi connectivity index (χ0v) is 11.9. The SMILES string of the molecule is O=C(CCc1ccco1)NCc1cccc(OCC(F)F)c1. The highest BCUT2D eigenvalue weighted by molar-refractivity contribution is 5.76. The highest BCUT2D eigenvalue weighted by Gasteiger charge is 2.06. The number of aryl methyl sites for hydroxylation is 1. The molecule has 2 aromatic rings. The van der Waals surface area contributed by atoms with E-state index in [1.165, 1.54) is 0 Å². The summed E-state index contributed by atoms with van der Waals surface area (Å²) in [5.41, 5.74) is 0.790. The Balaban J connectivity index is 1.75. The van der Waals surface area contributed by atoms with Gasteiger partial charge in [0.15, 0.2) is 0 Å². The number of alkyl halides is 2. The van der Waals surface area contributed by atoms with E-state index in [1.54, 1.807) is 36.6 Å². The van der Waals surface area contributed by atoms with Crippen LogP contribution in [0.3, 0.4) is 0 Å². The van der Waals surface area contributed by atoms with Gasteiger partial charge in [-0.2, -0.15) is 0 Å².